The molecule has 0 atom stereocenters. The summed E-state index contributed by atoms with van der Waals surface area (Å²) in [5.74, 6) is 0. The molecule has 0 saturated heterocycles. The molecule has 0 aromatic heterocycles. The third-order valence-electron chi connectivity index (χ3n) is 4.26. The van der Waals surface area contributed by atoms with Gasteiger partial charge in [0.25, 0.3) is 0 Å². The molecule has 0 heterocycles. The molecule has 1 fully saturated rings. The van der Waals surface area contributed by atoms with Crippen LogP contribution < -0.4 is 10.2 Å². The number of halogens is 1. The molecule has 3 nitrogen and oxygen atoms in total. The highest BCUT2D eigenvalue weighted by Crippen LogP contribution is 2.32. The molecule has 0 unspecified atom stereocenters. The van der Waals surface area contributed by atoms with Crippen LogP contribution in [0.15, 0.2) is 18.2 Å². The Bertz CT molecular complexity index is 433. The molecule has 21 heavy (non-hydrogen) atoms. The topological polar surface area (TPSA) is 35.5 Å². The van der Waals surface area contributed by atoms with Gasteiger partial charge in [-0.15, -0.1) is 0 Å². The average Bonchev–Trinajstić information content (AvgIpc) is 2.52. The molecule has 2 rings (SSSR count). The van der Waals surface area contributed by atoms with Crippen LogP contribution in [0.3, 0.4) is 0 Å². The Morgan fingerprint density at radius 3 is 2.67 bits per heavy atom. The Morgan fingerprint density at radius 2 is 2.05 bits per heavy atom. The maximum Gasteiger partial charge on any atom is 0.0642 e. The number of nitrogens with one attached hydrogen (secondary N) is 1. The third-order valence-corrected chi connectivity index (χ3v) is 4.56. The Labute approximate surface area is 133 Å². The van der Waals surface area contributed by atoms with Crippen molar-refractivity contribution < 1.29 is 5.11 Å². The molecule has 1 aromatic rings. The average molecular weight is 311 g/mol. The molecular formula is C17H27ClN2O. The van der Waals surface area contributed by atoms with Crippen LogP contribution in [0.1, 0.15) is 44.6 Å². The van der Waals surface area contributed by atoms with E-state index < -0.39 is 0 Å². The van der Waals surface area contributed by atoms with E-state index in [9.17, 15) is 5.11 Å². The van der Waals surface area contributed by atoms with E-state index in [1.54, 1.807) is 0 Å². The van der Waals surface area contributed by atoms with Gasteiger partial charge in [-0.3, -0.25) is 0 Å². The second-order valence-corrected chi connectivity index (χ2v) is 6.18. The van der Waals surface area contributed by atoms with Gasteiger partial charge in [0.15, 0.2) is 0 Å². The van der Waals surface area contributed by atoms with Crippen molar-refractivity contribution in [1.29, 1.82) is 0 Å². The van der Waals surface area contributed by atoms with E-state index in [0.29, 0.717) is 12.6 Å². The fraction of sp³-hybridized carbons (Fsp3) is 0.647. The Hall–Kier alpha value is -0.770. The lowest BCUT2D eigenvalue weighted by Gasteiger charge is -2.36. The largest absolute Gasteiger partial charge is 0.395 e. The summed E-state index contributed by atoms with van der Waals surface area (Å²) in [5, 5.41) is 13.5. The van der Waals surface area contributed by atoms with Gasteiger partial charge in [-0.2, -0.15) is 0 Å². The van der Waals surface area contributed by atoms with E-state index in [1.165, 1.54) is 37.7 Å². The summed E-state index contributed by atoms with van der Waals surface area (Å²) in [7, 11) is 0. The van der Waals surface area contributed by atoms with Gasteiger partial charge in [0.2, 0.25) is 0 Å². The van der Waals surface area contributed by atoms with Gasteiger partial charge in [0.1, 0.15) is 0 Å². The second-order valence-electron chi connectivity index (χ2n) is 5.77. The van der Waals surface area contributed by atoms with Gasteiger partial charge in [0, 0.05) is 19.1 Å². The molecule has 1 aromatic carbocycles. The molecule has 0 amide bonds. The molecule has 118 valence electrons. The van der Waals surface area contributed by atoms with E-state index in [2.05, 4.69) is 29.3 Å². The molecule has 1 aliphatic carbocycles. The van der Waals surface area contributed by atoms with E-state index in [4.69, 9.17) is 11.6 Å². The quantitative estimate of drug-likeness (QED) is 0.808. The zero-order valence-corrected chi connectivity index (χ0v) is 13.7. The highest BCUT2D eigenvalue weighted by atomic mass is 35.5. The van der Waals surface area contributed by atoms with Crippen molar-refractivity contribution in [2.24, 2.45) is 0 Å². The lowest BCUT2D eigenvalue weighted by molar-refractivity contribution is 0.290. The van der Waals surface area contributed by atoms with E-state index in [1.807, 2.05) is 6.07 Å². The molecule has 0 bridgehead atoms. The van der Waals surface area contributed by atoms with E-state index >= 15 is 0 Å². The number of hydrogen-bond donors (Lipinski definition) is 2. The van der Waals surface area contributed by atoms with Gasteiger partial charge >= 0.3 is 0 Å². The number of hydrogen-bond acceptors (Lipinski definition) is 3. The van der Waals surface area contributed by atoms with Crippen molar-refractivity contribution in [2.45, 2.75) is 51.6 Å². The highest BCUT2D eigenvalue weighted by molar-refractivity contribution is 6.33. The normalized spacial score (nSPS) is 16.1. The zero-order valence-electron chi connectivity index (χ0n) is 12.9. The van der Waals surface area contributed by atoms with Gasteiger partial charge in [-0.25, -0.2) is 0 Å². The number of aliphatic hydroxyl groups is 1. The molecule has 2 N–H and O–H groups in total. The Kier molecular flexibility index (Phi) is 6.81. The van der Waals surface area contributed by atoms with Crippen LogP contribution >= 0.6 is 11.6 Å². The first-order valence-electron chi connectivity index (χ1n) is 8.13. The van der Waals surface area contributed by atoms with Crippen LogP contribution in [0, 0.1) is 0 Å². The summed E-state index contributed by atoms with van der Waals surface area (Å²) in [6.07, 6.45) is 6.30. The Balaban J connectivity index is 2.15. The summed E-state index contributed by atoms with van der Waals surface area (Å²) in [6, 6.07) is 6.81. The third kappa shape index (κ3) is 4.60. The van der Waals surface area contributed by atoms with Crippen LogP contribution in [0.25, 0.3) is 0 Å². The van der Waals surface area contributed by atoms with Crippen LogP contribution in [-0.4, -0.2) is 30.8 Å². The minimum absolute atomic E-state index is 0.173. The lowest BCUT2D eigenvalue weighted by atomic mass is 9.93. The van der Waals surface area contributed by atoms with Crippen molar-refractivity contribution in [3.8, 4) is 0 Å². The molecular weight excluding hydrogens is 284 g/mol. The number of nitrogens with zero attached hydrogens (tertiary/aromatic N) is 1. The predicted octanol–water partition coefficient (Wildman–Crippen LogP) is 3.58. The van der Waals surface area contributed by atoms with Crippen LogP contribution in [-0.2, 0) is 6.54 Å². The monoisotopic (exact) mass is 310 g/mol. The van der Waals surface area contributed by atoms with Gasteiger partial charge in [0.05, 0.1) is 17.3 Å². The fourth-order valence-electron chi connectivity index (χ4n) is 3.16. The standard InChI is InChI=1S/C17H27ClN2O/c1-2-19-13-14-8-9-17(16(18)12-14)20(10-11-21)15-6-4-3-5-7-15/h8-9,12,15,19,21H,2-7,10-11,13H2,1H3. The van der Waals surface area contributed by atoms with E-state index in [0.717, 1.165) is 23.8 Å². The van der Waals surface area contributed by atoms with Crippen LogP contribution in [0.2, 0.25) is 5.02 Å². The second kappa shape index (κ2) is 8.62. The first-order chi connectivity index (χ1) is 10.3. The molecule has 0 radical (unpaired) electrons. The summed E-state index contributed by atoms with van der Waals surface area (Å²) in [6.45, 7) is 4.74. The van der Waals surface area contributed by atoms with Crippen LogP contribution in [0.4, 0.5) is 5.69 Å². The molecule has 4 heteroatoms. The molecule has 0 spiro atoms. The maximum atomic E-state index is 9.40. The zero-order chi connectivity index (χ0) is 15.1. The van der Waals surface area contributed by atoms with Gasteiger partial charge in [-0.05, 0) is 37.1 Å². The highest BCUT2D eigenvalue weighted by Gasteiger charge is 2.22. The van der Waals surface area contributed by atoms with Crippen molar-refractivity contribution in [3.05, 3.63) is 28.8 Å². The fourth-order valence-corrected chi connectivity index (χ4v) is 3.47. The van der Waals surface area contributed by atoms with Gasteiger partial charge < -0.3 is 15.3 Å². The number of anilines is 1. The summed E-state index contributed by atoms with van der Waals surface area (Å²) >= 11 is 6.51. The Morgan fingerprint density at radius 1 is 1.29 bits per heavy atom. The van der Waals surface area contributed by atoms with Crippen molar-refractivity contribution in [3.63, 3.8) is 0 Å². The molecule has 1 saturated carbocycles. The predicted molar refractivity (Wildman–Crippen MR) is 90.1 cm³/mol. The summed E-state index contributed by atoms with van der Waals surface area (Å²) < 4.78 is 0. The maximum absolute atomic E-state index is 9.40. The summed E-state index contributed by atoms with van der Waals surface area (Å²) in [5.41, 5.74) is 2.27. The number of rotatable bonds is 7. The molecule has 1 aliphatic rings. The minimum atomic E-state index is 0.173. The van der Waals surface area contributed by atoms with Crippen molar-refractivity contribution >= 4 is 17.3 Å². The first-order valence-corrected chi connectivity index (χ1v) is 8.50. The van der Waals surface area contributed by atoms with Gasteiger partial charge in [-0.1, -0.05) is 43.9 Å². The van der Waals surface area contributed by atoms with Crippen molar-refractivity contribution in [1.82, 2.24) is 5.32 Å². The first kappa shape index (κ1) is 16.6. The van der Waals surface area contributed by atoms with E-state index in [-0.39, 0.29) is 6.61 Å². The van der Waals surface area contributed by atoms with Crippen LogP contribution in [0.5, 0.6) is 0 Å². The number of aliphatic hydroxyl groups excluding tert-OH is 1. The lowest BCUT2D eigenvalue weighted by Crippen LogP contribution is -2.39. The SMILES string of the molecule is CCNCc1ccc(N(CCO)C2CCCCC2)c(Cl)c1. The smallest absolute Gasteiger partial charge is 0.0642 e. The molecule has 0 aliphatic heterocycles. The minimum Gasteiger partial charge on any atom is -0.395 e. The summed E-state index contributed by atoms with van der Waals surface area (Å²) in [4.78, 5) is 2.30. The number of benzene rings is 1. The van der Waals surface area contributed by atoms with Crippen molar-refractivity contribution in [2.75, 3.05) is 24.6 Å².